The predicted molar refractivity (Wildman–Crippen MR) is 152 cm³/mol. The van der Waals surface area contributed by atoms with Gasteiger partial charge in [0.2, 0.25) is 0 Å². The summed E-state index contributed by atoms with van der Waals surface area (Å²) in [4.78, 5) is 18.0. The van der Waals surface area contributed by atoms with Gasteiger partial charge < -0.3 is 19.9 Å². The average molecular weight is 527 g/mol. The number of hydrogen-bond acceptors (Lipinski definition) is 6. The molecule has 4 aromatic rings. The first-order valence-electron chi connectivity index (χ1n) is 14.5. The van der Waals surface area contributed by atoms with Crippen molar-refractivity contribution in [3.63, 3.8) is 0 Å². The summed E-state index contributed by atoms with van der Waals surface area (Å²) in [5.74, 6) is 0.482. The average Bonchev–Trinajstić information content (AvgIpc) is 3.69. The Labute approximate surface area is 227 Å². The fourth-order valence-electron chi connectivity index (χ4n) is 7.88. The van der Waals surface area contributed by atoms with Gasteiger partial charge in [0.1, 0.15) is 17.9 Å². The van der Waals surface area contributed by atoms with Gasteiger partial charge in [-0.3, -0.25) is 4.90 Å². The molecule has 4 fully saturated rings. The van der Waals surface area contributed by atoms with Gasteiger partial charge in [0.05, 0.1) is 5.54 Å². The third-order valence-electron chi connectivity index (χ3n) is 9.73. The van der Waals surface area contributed by atoms with E-state index in [4.69, 9.17) is 14.7 Å². The van der Waals surface area contributed by atoms with E-state index in [0.29, 0.717) is 35.8 Å². The normalized spacial score (nSPS) is 24.2. The Hall–Kier alpha value is -3.23. The molecule has 6 heterocycles. The van der Waals surface area contributed by atoms with Gasteiger partial charge in [-0.15, -0.1) is 0 Å². The van der Waals surface area contributed by atoms with Crippen molar-refractivity contribution in [2.45, 2.75) is 63.1 Å². The molecule has 39 heavy (non-hydrogen) atoms. The van der Waals surface area contributed by atoms with Crippen LogP contribution in [0.5, 0.6) is 6.01 Å². The number of fused-ring (bicyclic) bond motifs is 5. The van der Waals surface area contributed by atoms with Crippen LogP contribution >= 0.6 is 0 Å². The van der Waals surface area contributed by atoms with E-state index in [1.807, 2.05) is 43.3 Å². The van der Waals surface area contributed by atoms with Crippen molar-refractivity contribution in [1.29, 1.82) is 0 Å². The van der Waals surface area contributed by atoms with E-state index < -0.39 is 0 Å². The van der Waals surface area contributed by atoms with Crippen molar-refractivity contribution < 1.29 is 9.13 Å². The second-order valence-corrected chi connectivity index (χ2v) is 12.1. The number of ether oxygens (including phenoxy) is 1. The van der Waals surface area contributed by atoms with Crippen LogP contribution in [0.15, 0.2) is 36.4 Å². The van der Waals surface area contributed by atoms with Gasteiger partial charge in [-0.05, 0) is 70.7 Å². The Kier molecular flexibility index (Phi) is 5.39. The number of aromatic nitrogens is 3. The lowest BCUT2D eigenvalue weighted by Gasteiger charge is -2.34. The number of benzene rings is 2. The van der Waals surface area contributed by atoms with Crippen molar-refractivity contribution in [2.24, 2.45) is 0 Å². The SMILES string of the molecule is Cc1[nH]c2ccccc2c1-c1ccc2c(N3C[C@H]4CC[C@@H](C3)N4)nc(OCC34CCCN3CCC4)nc2c1F. The fraction of sp³-hybridized carbons (Fsp3) is 0.484. The van der Waals surface area contributed by atoms with E-state index >= 15 is 4.39 Å². The van der Waals surface area contributed by atoms with Gasteiger partial charge >= 0.3 is 6.01 Å². The molecule has 0 saturated carbocycles. The molecule has 0 amide bonds. The summed E-state index contributed by atoms with van der Waals surface area (Å²) in [6.07, 6.45) is 7.05. The molecule has 2 N–H and O–H groups in total. The minimum absolute atomic E-state index is 0.0776. The Morgan fingerprint density at radius 2 is 1.77 bits per heavy atom. The summed E-state index contributed by atoms with van der Waals surface area (Å²) in [6, 6.07) is 13.2. The summed E-state index contributed by atoms with van der Waals surface area (Å²) in [7, 11) is 0. The lowest BCUT2D eigenvalue weighted by Crippen LogP contribution is -2.51. The Balaban J connectivity index is 1.25. The van der Waals surface area contributed by atoms with Crippen LogP contribution in [0.25, 0.3) is 32.9 Å². The highest BCUT2D eigenvalue weighted by molar-refractivity contribution is 6.01. The minimum Gasteiger partial charge on any atom is -0.461 e. The van der Waals surface area contributed by atoms with E-state index in [2.05, 4.69) is 20.1 Å². The van der Waals surface area contributed by atoms with E-state index in [1.54, 1.807) is 0 Å². The van der Waals surface area contributed by atoms with Crippen molar-refractivity contribution in [3.8, 4) is 17.1 Å². The number of H-pyrrole nitrogens is 1. The highest BCUT2D eigenvalue weighted by Crippen LogP contribution is 2.41. The molecule has 2 bridgehead atoms. The van der Waals surface area contributed by atoms with Crippen LogP contribution in [0.1, 0.15) is 44.2 Å². The van der Waals surface area contributed by atoms with E-state index in [0.717, 1.165) is 72.4 Å². The molecule has 0 unspecified atom stereocenters. The quantitative estimate of drug-likeness (QED) is 0.374. The second-order valence-electron chi connectivity index (χ2n) is 12.1. The molecule has 4 aliphatic heterocycles. The van der Waals surface area contributed by atoms with Crippen LogP contribution in [-0.2, 0) is 0 Å². The third-order valence-corrected chi connectivity index (χ3v) is 9.73. The monoisotopic (exact) mass is 526 g/mol. The van der Waals surface area contributed by atoms with E-state index in [-0.39, 0.29) is 11.4 Å². The van der Waals surface area contributed by atoms with Crippen molar-refractivity contribution in [3.05, 3.63) is 47.9 Å². The molecule has 0 radical (unpaired) electrons. The minimum atomic E-state index is -0.312. The van der Waals surface area contributed by atoms with Crippen LogP contribution < -0.4 is 15.0 Å². The van der Waals surface area contributed by atoms with Gasteiger partial charge in [-0.1, -0.05) is 24.3 Å². The van der Waals surface area contributed by atoms with Crippen LogP contribution in [0.4, 0.5) is 10.2 Å². The molecule has 0 aliphatic carbocycles. The number of aryl methyl sites for hydroxylation is 1. The number of aromatic amines is 1. The van der Waals surface area contributed by atoms with Gasteiger partial charge in [0.25, 0.3) is 0 Å². The Morgan fingerprint density at radius 3 is 2.56 bits per heavy atom. The van der Waals surface area contributed by atoms with Crippen molar-refractivity contribution >= 4 is 27.6 Å². The molecule has 2 aromatic carbocycles. The zero-order valence-electron chi connectivity index (χ0n) is 22.5. The van der Waals surface area contributed by atoms with Gasteiger partial charge in [0.15, 0.2) is 5.82 Å². The van der Waals surface area contributed by atoms with Gasteiger partial charge in [-0.2, -0.15) is 9.97 Å². The molecule has 4 saturated heterocycles. The third kappa shape index (κ3) is 3.75. The number of para-hydroxylation sites is 1. The fourth-order valence-corrected chi connectivity index (χ4v) is 7.88. The summed E-state index contributed by atoms with van der Waals surface area (Å²) in [5, 5.41) is 5.47. The number of halogens is 1. The standard InChI is InChI=1S/C31H35FN6O/c1-19-26(22-6-2-3-7-25(22)33-19)23-10-11-24-28(27(23)32)35-30(39-18-31-12-4-14-38(31)15-5-13-31)36-29(24)37-16-20-8-9-21(17-37)34-20/h2-3,6-7,10-11,20-21,33-34H,4-5,8-9,12-18H2,1H3/t20-,21+. The molecule has 4 aliphatic rings. The molecule has 2 aromatic heterocycles. The van der Waals surface area contributed by atoms with Gasteiger partial charge in [-0.25, -0.2) is 4.39 Å². The first-order valence-corrected chi connectivity index (χ1v) is 14.5. The van der Waals surface area contributed by atoms with Gasteiger partial charge in [0, 0.05) is 58.3 Å². The molecule has 0 spiro atoms. The number of piperazine rings is 1. The van der Waals surface area contributed by atoms with E-state index in [9.17, 15) is 0 Å². The van der Waals surface area contributed by atoms with Crippen LogP contribution in [-0.4, -0.2) is 70.3 Å². The summed E-state index contributed by atoms with van der Waals surface area (Å²) < 4.78 is 23.0. The van der Waals surface area contributed by atoms with Crippen molar-refractivity contribution in [2.75, 3.05) is 37.7 Å². The number of nitrogens with one attached hydrogen (secondary N) is 2. The van der Waals surface area contributed by atoms with Crippen LogP contribution in [0, 0.1) is 12.7 Å². The largest absolute Gasteiger partial charge is 0.461 e. The molecule has 8 heteroatoms. The maximum Gasteiger partial charge on any atom is 0.319 e. The first-order chi connectivity index (χ1) is 19.1. The Bertz CT molecular complexity index is 1560. The molecule has 202 valence electrons. The second kappa shape index (κ2) is 8.89. The molecule has 7 nitrogen and oxygen atoms in total. The molecule has 8 rings (SSSR count). The smallest absolute Gasteiger partial charge is 0.319 e. The lowest BCUT2D eigenvalue weighted by molar-refractivity contribution is 0.108. The van der Waals surface area contributed by atoms with Crippen molar-refractivity contribution in [1.82, 2.24) is 25.2 Å². The topological polar surface area (TPSA) is 69.3 Å². The van der Waals surface area contributed by atoms with Crippen LogP contribution in [0.2, 0.25) is 0 Å². The lowest BCUT2D eigenvalue weighted by atomic mass is 9.95. The number of hydrogen-bond donors (Lipinski definition) is 2. The highest BCUT2D eigenvalue weighted by atomic mass is 19.1. The number of rotatable bonds is 5. The zero-order chi connectivity index (χ0) is 26.1. The summed E-state index contributed by atoms with van der Waals surface area (Å²) in [6.45, 7) is 6.57. The summed E-state index contributed by atoms with van der Waals surface area (Å²) >= 11 is 0. The maximum absolute atomic E-state index is 16.6. The first kappa shape index (κ1) is 23.6. The Morgan fingerprint density at radius 1 is 1.00 bits per heavy atom. The zero-order valence-corrected chi connectivity index (χ0v) is 22.5. The molecular weight excluding hydrogens is 491 g/mol. The number of nitrogens with zero attached hydrogens (tertiary/aromatic N) is 4. The summed E-state index contributed by atoms with van der Waals surface area (Å²) in [5.41, 5.74) is 3.82. The predicted octanol–water partition coefficient (Wildman–Crippen LogP) is 5.17. The highest BCUT2D eigenvalue weighted by Gasteiger charge is 2.45. The van der Waals surface area contributed by atoms with E-state index in [1.165, 1.54) is 25.7 Å². The molecule has 2 atom stereocenters. The van der Waals surface area contributed by atoms with Crippen LogP contribution in [0.3, 0.4) is 0 Å². The maximum atomic E-state index is 16.6. The molecular formula is C31H35FN6O. The number of anilines is 1.